The average Bonchev–Trinajstić information content (AvgIpc) is 2.16. The van der Waals surface area contributed by atoms with Crippen LogP contribution in [-0.2, 0) is 4.79 Å². The SMILES string of the molecule is CC1(C)C2CC=C(C(=O)CCl)C1C2. The van der Waals surface area contributed by atoms with Crippen molar-refractivity contribution < 1.29 is 4.79 Å². The maximum absolute atomic E-state index is 11.5. The molecule has 3 rings (SSSR count). The molecular weight excluding hydrogens is 184 g/mol. The highest BCUT2D eigenvalue weighted by atomic mass is 35.5. The van der Waals surface area contributed by atoms with E-state index in [-0.39, 0.29) is 11.7 Å². The van der Waals surface area contributed by atoms with Crippen molar-refractivity contribution in [1.29, 1.82) is 0 Å². The Balaban J connectivity index is 2.23. The second kappa shape index (κ2) is 2.84. The number of fused-ring (bicyclic) bond motifs is 1. The molecule has 0 radical (unpaired) electrons. The van der Waals surface area contributed by atoms with Crippen LogP contribution in [0.4, 0.5) is 0 Å². The number of alkyl halides is 1. The summed E-state index contributed by atoms with van der Waals surface area (Å²) < 4.78 is 0. The summed E-state index contributed by atoms with van der Waals surface area (Å²) in [6, 6.07) is 0. The van der Waals surface area contributed by atoms with Gasteiger partial charge in [0.25, 0.3) is 0 Å². The first kappa shape index (κ1) is 9.26. The van der Waals surface area contributed by atoms with Crippen LogP contribution in [0.1, 0.15) is 26.7 Å². The van der Waals surface area contributed by atoms with Crippen molar-refractivity contribution >= 4 is 17.4 Å². The van der Waals surface area contributed by atoms with Gasteiger partial charge in [-0.1, -0.05) is 19.9 Å². The molecule has 3 aliphatic rings. The van der Waals surface area contributed by atoms with Gasteiger partial charge in [0.1, 0.15) is 0 Å². The Morgan fingerprint density at radius 2 is 2.38 bits per heavy atom. The Kier molecular flexibility index (Phi) is 2.03. The van der Waals surface area contributed by atoms with Crippen LogP contribution in [0, 0.1) is 17.3 Å². The van der Waals surface area contributed by atoms with E-state index in [1.54, 1.807) is 0 Å². The lowest BCUT2D eigenvalue weighted by molar-refractivity contribution is -0.116. The van der Waals surface area contributed by atoms with E-state index < -0.39 is 0 Å². The summed E-state index contributed by atoms with van der Waals surface area (Å²) in [5, 5.41) is 0. The third-order valence-corrected chi connectivity index (χ3v) is 4.15. The van der Waals surface area contributed by atoms with Crippen molar-refractivity contribution in [3.8, 4) is 0 Å². The lowest BCUT2D eigenvalue weighted by atomic mass is 9.48. The Labute approximate surface area is 84.2 Å². The minimum absolute atomic E-state index is 0.137. The zero-order chi connectivity index (χ0) is 9.64. The van der Waals surface area contributed by atoms with Crippen molar-refractivity contribution in [2.24, 2.45) is 17.3 Å². The fraction of sp³-hybridized carbons (Fsp3) is 0.727. The number of rotatable bonds is 2. The topological polar surface area (TPSA) is 17.1 Å². The normalized spacial score (nSPS) is 34.8. The lowest BCUT2D eigenvalue weighted by Crippen LogP contribution is -2.49. The van der Waals surface area contributed by atoms with Crippen LogP contribution in [-0.4, -0.2) is 11.7 Å². The molecule has 72 valence electrons. The van der Waals surface area contributed by atoms with E-state index in [4.69, 9.17) is 11.6 Å². The van der Waals surface area contributed by atoms with Crippen LogP contribution >= 0.6 is 11.6 Å². The third-order valence-electron chi connectivity index (χ3n) is 3.91. The highest BCUT2D eigenvalue weighted by Crippen LogP contribution is 2.59. The zero-order valence-electron chi connectivity index (χ0n) is 8.14. The molecule has 0 aromatic carbocycles. The quantitative estimate of drug-likeness (QED) is 0.624. The van der Waals surface area contributed by atoms with Crippen LogP contribution in [0.5, 0.6) is 0 Å². The van der Waals surface area contributed by atoms with Gasteiger partial charge < -0.3 is 0 Å². The summed E-state index contributed by atoms with van der Waals surface area (Å²) in [5.74, 6) is 1.56. The molecule has 3 aliphatic carbocycles. The smallest absolute Gasteiger partial charge is 0.173 e. The predicted molar refractivity (Wildman–Crippen MR) is 53.8 cm³/mol. The first-order valence-electron chi connectivity index (χ1n) is 4.86. The molecule has 2 atom stereocenters. The number of hydrogen-bond acceptors (Lipinski definition) is 1. The van der Waals surface area contributed by atoms with E-state index in [0.717, 1.165) is 17.9 Å². The Hall–Kier alpha value is -0.300. The van der Waals surface area contributed by atoms with Gasteiger partial charge in [0.05, 0.1) is 5.88 Å². The van der Waals surface area contributed by atoms with Crippen molar-refractivity contribution in [3.63, 3.8) is 0 Å². The monoisotopic (exact) mass is 198 g/mol. The molecule has 0 amide bonds. The number of carbonyl (C=O) groups is 1. The van der Waals surface area contributed by atoms with Gasteiger partial charge in [0.15, 0.2) is 5.78 Å². The standard InChI is InChI=1S/C11H15ClO/c1-11(2)7-3-4-8(9(11)5-7)10(13)6-12/h4,7,9H,3,5-6H2,1-2H3. The number of carbonyl (C=O) groups excluding carboxylic acids is 1. The molecule has 2 bridgehead atoms. The Morgan fingerprint density at radius 3 is 2.85 bits per heavy atom. The summed E-state index contributed by atoms with van der Waals surface area (Å²) in [6.07, 6.45) is 4.37. The number of Topliss-reactive ketones (excluding diaryl/α,β-unsaturated/α-hetero) is 1. The molecule has 0 aliphatic heterocycles. The number of hydrogen-bond donors (Lipinski definition) is 0. The van der Waals surface area contributed by atoms with E-state index in [9.17, 15) is 4.79 Å². The van der Waals surface area contributed by atoms with Gasteiger partial charge in [-0.05, 0) is 35.7 Å². The van der Waals surface area contributed by atoms with E-state index in [0.29, 0.717) is 11.3 Å². The first-order valence-corrected chi connectivity index (χ1v) is 5.40. The molecule has 1 fully saturated rings. The fourth-order valence-corrected chi connectivity index (χ4v) is 2.89. The molecule has 0 spiro atoms. The maximum Gasteiger partial charge on any atom is 0.173 e. The number of ketones is 1. The van der Waals surface area contributed by atoms with Crippen molar-refractivity contribution in [3.05, 3.63) is 11.6 Å². The third kappa shape index (κ3) is 1.17. The minimum atomic E-state index is 0.137. The molecular formula is C11H15ClO. The van der Waals surface area contributed by atoms with Crippen molar-refractivity contribution in [1.82, 2.24) is 0 Å². The lowest BCUT2D eigenvalue weighted by Gasteiger charge is -2.56. The van der Waals surface area contributed by atoms with Crippen LogP contribution in [0.15, 0.2) is 11.6 Å². The van der Waals surface area contributed by atoms with Crippen molar-refractivity contribution in [2.75, 3.05) is 5.88 Å². The summed E-state index contributed by atoms with van der Waals surface area (Å²) in [4.78, 5) is 11.5. The average molecular weight is 199 g/mol. The van der Waals surface area contributed by atoms with Gasteiger partial charge in [0, 0.05) is 0 Å². The van der Waals surface area contributed by atoms with Gasteiger partial charge in [-0.15, -0.1) is 11.6 Å². The molecule has 2 heteroatoms. The van der Waals surface area contributed by atoms with Crippen LogP contribution in [0.3, 0.4) is 0 Å². The second-order valence-electron chi connectivity index (χ2n) is 4.76. The predicted octanol–water partition coefficient (Wildman–Crippen LogP) is 2.79. The molecule has 1 nitrogen and oxygen atoms in total. The summed E-state index contributed by atoms with van der Waals surface area (Å²) in [7, 11) is 0. The van der Waals surface area contributed by atoms with Crippen molar-refractivity contribution in [2.45, 2.75) is 26.7 Å². The molecule has 2 unspecified atom stereocenters. The molecule has 13 heavy (non-hydrogen) atoms. The van der Waals surface area contributed by atoms with Gasteiger partial charge >= 0.3 is 0 Å². The molecule has 0 heterocycles. The minimum Gasteiger partial charge on any atom is -0.293 e. The van der Waals surface area contributed by atoms with E-state index in [1.165, 1.54) is 6.42 Å². The van der Waals surface area contributed by atoms with E-state index in [1.807, 2.05) is 0 Å². The zero-order valence-corrected chi connectivity index (χ0v) is 8.90. The second-order valence-corrected chi connectivity index (χ2v) is 5.03. The Morgan fingerprint density at radius 1 is 1.69 bits per heavy atom. The molecule has 0 N–H and O–H groups in total. The molecule has 1 saturated carbocycles. The molecule has 0 aromatic rings. The molecule has 0 aromatic heterocycles. The van der Waals surface area contributed by atoms with Gasteiger partial charge in [-0.3, -0.25) is 4.79 Å². The highest BCUT2D eigenvalue weighted by molar-refractivity contribution is 6.30. The maximum atomic E-state index is 11.5. The summed E-state index contributed by atoms with van der Waals surface area (Å²) in [5.41, 5.74) is 1.34. The largest absolute Gasteiger partial charge is 0.293 e. The van der Waals surface area contributed by atoms with Crippen LogP contribution in [0.2, 0.25) is 0 Å². The summed E-state index contributed by atoms with van der Waals surface area (Å²) in [6.45, 7) is 4.53. The summed E-state index contributed by atoms with van der Waals surface area (Å²) >= 11 is 5.57. The Bertz CT molecular complexity index is 278. The molecule has 0 saturated heterocycles. The van der Waals surface area contributed by atoms with Crippen LogP contribution < -0.4 is 0 Å². The number of allylic oxidation sites excluding steroid dienone is 2. The van der Waals surface area contributed by atoms with Gasteiger partial charge in [0.2, 0.25) is 0 Å². The highest BCUT2D eigenvalue weighted by Gasteiger charge is 2.52. The van der Waals surface area contributed by atoms with E-state index in [2.05, 4.69) is 19.9 Å². The number of halogens is 1. The van der Waals surface area contributed by atoms with Crippen LogP contribution in [0.25, 0.3) is 0 Å². The fourth-order valence-electron chi connectivity index (χ4n) is 2.74. The first-order chi connectivity index (χ1) is 6.07. The van der Waals surface area contributed by atoms with Gasteiger partial charge in [-0.2, -0.15) is 0 Å². The van der Waals surface area contributed by atoms with Gasteiger partial charge in [-0.25, -0.2) is 0 Å². The van der Waals surface area contributed by atoms with E-state index >= 15 is 0 Å².